The van der Waals surface area contributed by atoms with Crippen molar-refractivity contribution in [2.24, 2.45) is 0 Å². The zero-order valence-corrected chi connectivity index (χ0v) is 12.2. The highest BCUT2D eigenvalue weighted by Gasteiger charge is 2.50. The van der Waals surface area contributed by atoms with E-state index in [1.54, 1.807) is 0 Å². The quantitative estimate of drug-likeness (QED) is 0.840. The lowest BCUT2D eigenvalue weighted by atomic mass is 9.91. The summed E-state index contributed by atoms with van der Waals surface area (Å²) in [5, 5.41) is 18.5. The molecule has 2 aliphatic rings. The molecule has 2 atom stereocenters. The fourth-order valence-corrected chi connectivity index (χ4v) is 3.23. The summed E-state index contributed by atoms with van der Waals surface area (Å²) >= 11 is 0. The van der Waals surface area contributed by atoms with Crippen molar-refractivity contribution in [1.29, 1.82) is 5.26 Å². The third-order valence-corrected chi connectivity index (χ3v) is 4.26. The fraction of sp³-hybridized carbons (Fsp3) is 0.786. The minimum Gasteiger partial charge on any atom is -0.479 e. The van der Waals surface area contributed by atoms with Gasteiger partial charge in [-0.05, 0) is 19.3 Å². The number of hydrogen-bond donors (Lipinski definition) is 1. The maximum absolute atomic E-state index is 12.7. The number of rotatable bonds is 3. The van der Waals surface area contributed by atoms with Crippen molar-refractivity contribution in [2.75, 3.05) is 26.2 Å². The SMILES string of the molecule is CCCC1(C(=O)O)CCCN1C(=O)N1CCOC(C#N)C1. The summed E-state index contributed by atoms with van der Waals surface area (Å²) in [6.45, 7) is 3.29. The van der Waals surface area contributed by atoms with Crippen LogP contribution in [-0.2, 0) is 9.53 Å². The van der Waals surface area contributed by atoms with E-state index in [0.717, 1.165) is 0 Å². The minimum absolute atomic E-state index is 0.202. The zero-order chi connectivity index (χ0) is 15.5. The van der Waals surface area contributed by atoms with Crippen LogP contribution in [0.5, 0.6) is 0 Å². The molecule has 0 aromatic carbocycles. The molecule has 7 nitrogen and oxygen atoms in total. The molecule has 2 fully saturated rings. The van der Waals surface area contributed by atoms with Crippen molar-refractivity contribution in [3.8, 4) is 6.07 Å². The molecule has 2 heterocycles. The standard InChI is InChI=1S/C14H21N3O4/c1-2-4-14(12(18)19)5-3-6-17(14)13(20)16-7-8-21-11(9-15)10-16/h11H,2-8,10H2,1H3,(H,18,19). The van der Waals surface area contributed by atoms with Gasteiger partial charge in [-0.3, -0.25) is 0 Å². The molecular formula is C14H21N3O4. The number of morpholine rings is 1. The molecule has 0 saturated carbocycles. The van der Waals surface area contributed by atoms with Crippen LogP contribution in [-0.4, -0.2) is 64.8 Å². The number of carbonyl (C=O) groups is 2. The minimum atomic E-state index is -1.09. The first-order valence-corrected chi connectivity index (χ1v) is 7.36. The Morgan fingerprint density at radius 1 is 1.48 bits per heavy atom. The summed E-state index contributed by atoms with van der Waals surface area (Å²) < 4.78 is 5.23. The van der Waals surface area contributed by atoms with Gasteiger partial charge in [-0.1, -0.05) is 13.3 Å². The Balaban J connectivity index is 2.17. The molecule has 2 amide bonds. The number of carbonyl (C=O) groups excluding carboxylic acids is 1. The van der Waals surface area contributed by atoms with Gasteiger partial charge in [0.15, 0.2) is 6.10 Å². The molecule has 116 valence electrons. The average Bonchev–Trinajstić information content (AvgIpc) is 2.92. The molecule has 7 heteroatoms. The van der Waals surface area contributed by atoms with Gasteiger partial charge in [-0.25, -0.2) is 9.59 Å². The molecule has 0 aliphatic carbocycles. The maximum atomic E-state index is 12.7. The monoisotopic (exact) mass is 295 g/mol. The van der Waals surface area contributed by atoms with E-state index >= 15 is 0 Å². The van der Waals surface area contributed by atoms with Gasteiger partial charge < -0.3 is 19.6 Å². The molecule has 2 unspecified atom stereocenters. The first-order valence-electron chi connectivity index (χ1n) is 7.36. The van der Waals surface area contributed by atoms with Crippen LogP contribution in [0.3, 0.4) is 0 Å². The lowest BCUT2D eigenvalue weighted by Gasteiger charge is -2.39. The van der Waals surface area contributed by atoms with Crippen molar-refractivity contribution < 1.29 is 19.4 Å². The molecule has 0 radical (unpaired) electrons. The summed E-state index contributed by atoms with van der Waals surface area (Å²) in [7, 11) is 0. The van der Waals surface area contributed by atoms with Crippen LogP contribution in [0.4, 0.5) is 4.79 Å². The summed E-state index contributed by atoms with van der Waals surface area (Å²) in [5.41, 5.74) is -1.09. The second kappa shape index (κ2) is 6.31. The summed E-state index contributed by atoms with van der Waals surface area (Å²) in [4.78, 5) is 27.4. The number of likely N-dealkylation sites (tertiary alicyclic amines) is 1. The number of urea groups is 1. The smallest absolute Gasteiger partial charge is 0.329 e. The highest BCUT2D eigenvalue weighted by atomic mass is 16.5. The molecule has 1 N–H and O–H groups in total. The number of carboxylic acids is 1. The molecule has 21 heavy (non-hydrogen) atoms. The predicted molar refractivity (Wildman–Crippen MR) is 73.5 cm³/mol. The second-order valence-corrected chi connectivity index (χ2v) is 5.56. The molecule has 0 aromatic rings. The lowest BCUT2D eigenvalue weighted by molar-refractivity contribution is -0.149. The molecule has 0 bridgehead atoms. The maximum Gasteiger partial charge on any atom is 0.329 e. The summed E-state index contributed by atoms with van der Waals surface area (Å²) in [6, 6.07) is 1.71. The normalized spacial score (nSPS) is 29.2. The Kier molecular flexibility index (Phi) is 4.68. The van der Waals surface area contributed by atoms with E-state index in [1.807, 2.05) is 13.0 Å². The highest BCUT2D eigenvalue weighted by molar-refractivity contribution is 5.87. The first-order chi connectivity index (χ1) is 10.0. The molecule has 2 saturated heterocycles. The van der Waals surface area contributed by atoms with Crippen molar-refractivity contribution in [2.45, 2.75) is 44.2 Å². The third kappa shape index (κ3) is 2.81. The Bertz CT molecular complexity index is 462. The fourth-order valence-electron chi connectivity index (χ4n) is 3.23. The van der Waals surface area contributed by atoms with Crippen LogP contribution < -0.4 is 0 Å². The molecule has 0 aromatic heterocycles. The van der Waals surface area contributed by atoms with E-state index in [0.29, 0.717) is 45.4 Å². The van der Waals surface area contributed by atoms with Crippen LogP contribution in [0.25, 0.3) is 0 Å². The van der Waals surface area contributed by atoms with Crippen molar-refractivity contribution in [3.05, 3.63) is 0 Å². The van der Waals surface area contributed by atoms with Gasteiger partial charge in [0.25, 0.3) is 0 Å². The van der Waals surface area contributed by atoms with Crippen molar-refractivity contribution >= 4 is 12.0 Å². The van der Waals surface area contributed by atoms with Crippen LogP contribution in [0.2, 0.25) is 0 Å². The number of amides is 2. The topological polar surface area (TPSA) is 93.9 Å². The van der Waals surface area contributed by atoms with Crippen LogP contribution in [0.1, 0.15) is 32.6 Å². The van der Waals surface area contributed by atoms with E-state index in [2.05, 4.69) is 0 Å². The molecule has 0 spiro atoms. The highest BCUT2D eigenvalue weighted by Crippen LogP contribution is 2.35. The van der Waals surface area contributed by atoms with Crippen LogP contribution >= 0.6 is 0 Å². The van der Waals surface area contributed by atoms with Crippen molar-refractivity contribution in [1.82, 2.24) is 9.80 Å². The summed E-state index contributed by atoms with van der Waals surface area (Å²) in [5.74, 6) is -0.930. The number of hydrogen-bond acceptors (Lipinski definition) is 4. The predicted octanol–water partition coefficient (Wildman–Crippen LogP) is 1.05. The Labute approximate surface area is 124 Å². The zero-order valence-electron chi connectivity index (χ0n) is 12.2. The lowest BCUT2D eigenvalue weighted by Crippen LogP contribution is -2.59. The van der Waals surface area contributed by atoms with E-state index < -0.39 is 17.6 Å². The Morgan fingerprint density at radius 2 is 2.24 bits per heavy atom. The average molecular weight is 295 g/mol. The Morgan fingerprint density at radius 3 is 2.86 bits per heavy atom. The molecular weight excluding hydrogens is 274 g/mol. The van der Waals surface area contributed by atoms with Gasteiger partial charge in [-0.15, -0.1) is 0 Å². The van der Waals surface area contributed by atoms with E-state index in [4.69, 9.17) is 10.00 Å². The molecule has 2 aliphatic heterocycles. The van der Waals surface area contributed by atoms with Gasteiger partial charge in [0.05, 0.1) is 19.2 Å². The van der Waals surface area contributed by atoms with E-state index in [-0.39, 0.29) is 12.6 Å². The van der Waals surface area contributed by atoms with E-state index in [1.165, 1.54) is 9.80 Å². The van der Waals surface area contributed by atoms with Gasteiger partial charge in [0.1, 0.15) is 5.54 Å². The van der Waals surface area contributed by atoms with Crippen LogP contribution in [0, 0.1) is 11.3 Å². The third-order valence-electron chi connectivity index (χ3n) is 4.26. The first kappa shape index (κ1) is 15.6. The second-order valence-electron chi connectivity index (χ2n) is 5.56. The van der Waals surface area contributed by atoms with Gasteiger partial charge in [0.2, 0.25) is 0 Å². The van der Waals surface area contributed by atoms with Gasteiger partial charge >= 0.3 is 12.0 Å². The van der Waals surface area contributed by atoms with Gasteiger partial charge in [-0.2, -0.15) is 5.26 Å². The number of nitrogens with zero attached hydrogens (tertiary/aromatic N) is 3. The van der Waals surface area contributed by atoms with Crippen LogP contribution in [0.15, 0.2) is 0 Å². The van der Waals surface area contributed by atoms with Gasteiger partial charge in [0, 0.05) is 13.1 Å². The van der Waals surface area contributed by atoms with E-state index in [9.17, 15) is 14.7 Å². The largest absolute Gasteiger partial charge is 0.479 e. The summed E-state index contributed by atoms with van der Waals surface area (Å²) in [6.07, 6.45) is 1.73. The number of ether oxygens (including phenoxy) is 1. The number of nitriles is 1. The number of carboxylic acid groups (broad SMARTS) is 1. The van der Waals surface area contributed by atoms with Crippen molar-refractivity contribution in [3.63, 3.8) is 0 Å². The molecule has 2 rings (SSSR count). The number of aliphatic carboxylic acids is 1. The Hall–Kier alpha value is -1.81.